The van der Waals surface area contributed by atoms with Gasteiger partial charge in [-0.1, -0.05) is 48.2 Å². The molecule has 0 aliphatic rings. The van der Waals surface area contributed by atoms with E-state index in [1.165, 1.54) is 11.8 Å². The highest BCUT2D eigenvalue weighted by Gasteiger charge is 2.19. The number of rotatable bonds is 6. The summed E-state index contributed by atoms with van der Waals surface area (Å²) >= 11 is 1.26. The molecule has 31 heavy (non-hydrogen) atoms. The van der Waals surface area contributed by atoms with E-state index >= 15 is 0 Å². The van der Waals surface area contributed by atoms with Crippen molar-refractivity contribution >= 4 is 39.9 Å². The third-order valence-electron chi connectivity index (χ3n) is 4.72. The Kier molecular flexibility index (Phi) is 6.16. The number of pyridine rings is 1. The molecule has 5 nitrogen and oxygen atoms in total. The number of carbonyl (C=O) groups excluding carboxylic acids is 1. The number of hydrogen-bond acceptors (Lipinski definition) is 5. The highest BCUT2D eigenvalue weighted by molar-refractivity contribution is 8.00. The van der Waals surface area contributed by atoms with Gasteiger partial charge in [0.05, 0.1) is 23.9 Å². The van der Waals surface area contributed by atoms with Crippen LogP contribution in [0.4, 0.5) is 11.4 Å². The molecule has 6 heteroatoms. The van der Waals surface area contributed by atoms with Gasteiger partial charge in [-0.2, -0.15) is 5.26 Å². The SMILES string of the molecule is COc1ccc2cc(C#N)c(SCC(=O)N(c3ccccc3)c3ccccc3)nc2c1. The zero-order valence-electron chi connectivity index (χ0n) is 16.9. The molecule has 1 aromatic heterocycles. The van der Waals surface area contributed by atoms with Gasteiger partial charge in [-0.3, -0.25) is 9.69 Å². The second-order valence-corrected chi connectivity index (χ2v) is 7.66. The highest BCUT2D eigenvalue weighted by Crippen LogP contribution is 2.30. The van der Waals surface area contributed by atoms with Gasteiger partial charge in [-0.15, -0.1) is 0 Å². The Morgan fingerprint density at radius 1 is 1.00 bits per heavy atom. The number of hydrogen-bond donors (Lipinski definition) is 0. The summed E-state index contributed by atoms with van der Waals surface area (Å²) in [5, 5.41) is 11.0. The molecule has 4 rings (SSSR count). The number of ether oxygens (including phenoxy) is 1. The third-order valence-corrected chi connectivity index (χ3v) is 5.70. The van der Waals surface area contributed by atoms with Gasteiger partial charge in [0, 0.05) is 22.8 Å². The minimum Gasteiger partial charge on any atom is -0.497 e. The maximum atomic E-state index is 13.3. The summed E-state index contributed by atoms with van der Waals surface area (Å²) in [5.74, 6) is 0.732. The first-order chi connectivity index (χ1) is 15.2. The number of amides is 1. The molecular formula is C25H19N3O2S. The van der Waals surface area contributed by atoms with E-state index in [0.717, 1.165) is 22.3 Å². The molecule has 0 aliphatic heterocycles. The van der Waals surface area contributed by atoms with Gasteiger partial charge in [-0.05, 0) is 42.5 Å². The summed E-state index contributed by atoms with van der Waals surface area (Å²) in [6.07, 6.45) is 0. The number of carbonyl (C=O) groups is 1. The van der Waals surface area contributed by atoms with Crippen molar-refractivity contribution in [1.82, 2.24) is 4.98 Å². The standard InChI is InChI=1S/C25H19N3O2S/c1-30-22-13-12-18-14-19(16-26)25(27-23(18)15-22)31-17-24(29)28(20-8-4-2-5-9-20)21-10-6-3-7-11-21/h2-15H,17H2,1H3. The molecule has 0 unspecified atom stereocenters. The fourth-order valence-electron chi connectivity index (χ4n) is 3.23. The number of fused-ring (bicyclic) bond motifs is 1. The van der Waals surface area contributed by atoms with Crippen LogP contribution in [0.3, 0.4) is 0 Å². The molecule has 0 spiro atoms. The van der Waals surface area contributed by atoms with Gasteiger partial charge in [0.15, 0.2) is 0 Å². The fourth-order valence-corrected chi connectivity index (χ4v) is 4.04. The summed E-state index contributed by atoms with van der Waals surface area (Å²) in [4.78, 5) is 19.6. The number of nitrogens with zero attached hydrogens (tertiary/aromatic N) is 3. The Bertz CT molecular complexity index is 1220. The van der Waals surface area contributed by atoms with E-state index in [-0.39, 0.29) is 11.7 Å². The molecule has 0 saturated heterocycles. The number of methoxy groups -OCH3 is 1. The van der Waals surface area contributed by atoms with E-state index in [4.69, 9.17) is 4.74 Å². The summed E-state index contributed by atoms with van der Waals surface area (Å²) < 4.78 is 5.27. The number of anilines is 2. The molecule has 1 heterocycles. The van der Waals surface area contributed by atoms with E-state index in [1.54, 1.807) is 18.1 Å². The average Bonchev–Trinajstić information content (AvgIpc) is 2.83. The van der Waals surface area contributed by atoms with Crippen LogP contribution < -0.4 is 9.64 Å². The van der Waals surface area contributed by atoms with Crippen LogP contribution in [0.2, 0.25) is 0 Å². The highest BCUT2D eigenvalue weighted by atomic mass is 32.2. The summed E-state index contributed by atoms with van der Waals surface area (Å²) in [5.41, 5.74) is 2.74. The van der Waals surface area contributed by atoms with Crippen molar-refractivity contribution in [2.75, 3.05) is 17.8 Å². The van der Waals surface area contributed by atoms with Gasteiger partial charge in [0.25, 0.3) is 0 Å². The van der Waals surface area contributed by atoms with Crippen molar-refractivity contribution in [1.29, 1.82) is 5.26 Å². The maximum Gasteiger partial charge on any atom is 0.241 e. The number of para-hydroxylation sites is 2. The van der Waals surface area contributed by atoms with E-state index < -0.39 is 0 Å². The largest absolute Gasteiger partial charge is 0.497 e. The molecule has 0 atom stereocenters. The number of nitriles is 1. The zero-order chi connectivity index (χ0) is 21.6. The first-order valence-electron chi connectivity index (χ1n) is 9.64. The fraction of sp³-hybridized carbons (Fsp3) is 0.0800. The second-order valence-electron chi connectivity index (χ2n) is 6.70. The Balaban J connectivity index is 1.63. The monoisotopic (exact) mass is 425 g/mol. The normalized spacial score (nSPS) is 10.5. The van der Waals surface area contributed by atoms with Crippen LogP contribution in [-0.4, -0.2) is 23.8 Å². The van der Waals surface area contributed by atoms with E-state index in [9.17, 15) is 10.1 Å². The Morgan fingerprint density at radius 2 is 1.65 bits per heavy atom. The predicted molar refractivity (Wildman–Crippen MR) is 124 cm³/mol. The average molecular weight is 426 g/mol. The maximum absolute atomic E-state index is 13.3. The number of aromatic nitrogens is 1. The predicted octanol–water partition coefficient (Wildman–Crippen LogP) is 5.57. The van der Waals surface area contributed by atoms with Gasteiger partial charge in [0.2, 0.25) is 5.91 Å². The van der Waals surface area contributed by atoms with Crippen molar-refractivity contribution in [2.45, 2.75) is 5.03 Å². The minimum absolute atomic E-state index is 0.0983. The lowest BCUT2D eigenvalue weighted by Gasteiger charge is -2.23. The molecule has 3 aromatic carbocycles. The topological polar surface area (TPSA) is 66.2 Å². The number of thioether (sulfide) groups is 1. The molecule has 0 saturated carbocycles. The van der Waals surface area contributed by atoms with Crippen LogP contribution in [0, 0.1) is 11.3 Å². The third kappa shape index (κ3) is 4.52. The Labute approximate surface area is 184 Å². The Morgan fingerprint density at radius 3 is 2.23 bits per heavy atom. The van der Waals surface area contributed by atoms with Crippen LogP contribution >= 0.6 is 11.8 Å². The van der Waals surface area contributed by atoms with E-state index in [2.05, 4.69) is 11.1 Å². The molecule has 152 valence electrons. The summed E-state index contributed by atoms with van der Waals surface area (Å²) in [6, 6.07) is 28.5. The number of benzene rings is 3. The molecule has 4 aromatic rings. The molecule has 1 amide bonds. The van der Waals surface area contributed by atoms with Crippen LogP contribution in [0.5, 0.6) is 5.75 Å². The molecule has 0 radical (unpaired) electrons. The molecular weight excluding hydrogens is 406 g/mol. The first-order valence-corrected chi connectivity index (χ1v) is 10.6. The van der Waals surface area contributed by atoms with Crippen LogP contribution in [-0.2, 0) is 4.79 Å². The Hall–Kier alpha value is -3.82. The van der Waals surface area contributed by atoms with Crippen molar-refractivity contribution < 1.29 is 9.53 Å². The zero-order valence-corrected chi connectivity index (χ0v) is 17.7. The van der Waals surface area contributed by atoms with Crippen molar-refractivity contribution in [3.63, 3.8) is 0 Å². The van der Waals surface area contributed by atoms with Gasteiger partial charge >= 0.3 is 0 Å². The van der Waals surface area contributed by atoms with Crippen molar-refractivity contribution in [3.05, 3.63) is 90.5 Å². The lowest BCUT2D eigenvalue weighted by molar-refractivity contribution is -0.115. The lowest BCUT2D eigenvalue weighted by Crippen LogP contribution is -2.27. The van der Waals surface area contributed by atoms with Crippen molar-refractivity contribution in [3.8, 4) is 11.8 Å². The summed E-state index contributed by atoms with van der Waals surface area (Å²) in [6.45, 7) is 0. The van der Waals surface area contributed by atoms with Crippen LogP contribution in [0.15, 0.2) is 90.0 Å². The first kappa shape index (κ1) is 20.5. The quantitative estimate of drug-likeness (QED) is 0.378. The molecule has 0 bridgehead atoms. The smallest absolute Gasteiger partial charge is 0.241 e. The molecule has 0 N–H and O–H groups in total. The van der Waals surface area contributed by atoms with Gasteiger partial charge in [-0.25, -0.2) is 4.98 Å². The van der Waals surface area contributed by atoms with Gasteiger partial charge < -0.3 is 4.74 Å². The van der Waals surface area contributed by atoms with E-state index in [1.807, 2.05) is 78.9 Å². The molecule has 0 fully saturated rings. The van der Waals surface area contributed by atoms with Crippen LogP contribution in [0.1, 0.15) is 5.56 Å². The lowest BCUT2D eigenvalue weighted by atomic mass is 10.1. The van der Waals surface area contributed by atoms with Gasteiger partial charge in [0.1, 0.15) is 16.8 Å². The minimum atomic E-state index is -0.0983. The van der Waals surface area contributed by atoms with Crippen molar-refractivity contribution in [2.24, 2.45) is 0 Å². The van der Waals surface area contributed by atoms with Crippen LogP contribution in [0.25, 0.3) is 10.9 Å². The second kappa shape index (κ2) is 9.33. The molecule has 0 aliphatic carbocycles. The summed E-state index contributed by atoms with van der Waals surface area (Å²) in [7, 11) is 1.60. The van der Waals surface area contributed by atoms with E-state index in [0.29, 0.717) is 16.3 Å².